The third-order valence-electron chi connectivity index (χ3n) is 2.60. The van der Waals surface area contributed by atoms with Crippen LogP contribution < -0.4 is 11.1 Å². The molecule has 0 bridgehead atoms. The minimum Gasteiger partial charge on any atom is -0.355 e. The predicted molar refractivity (Wildman–Crippen MR) is 62.8 cm³/mol. The summed E-state index contributed by atoms with van der Waals surface area (Å²) in [5, 5.41) is 7.11. The fraction of sp³-hybridized carbons (Fsp3) is 0.636. The molecule has 0 radical (unpaired) electrons. The van der Waals surface area contributed by atoms with Gasteiger partial charge in [-0.15, -0.1) is 0 Å². The molecule has 1 aromatic heterocycles. The molecule has 1 heterocycles. The molecule has 1 amide bonds. The first-order valence-electron chi connectivity index (χ1n) is 5.63. The fourth-order valence-corrected chi connectivity index (χ4v) is 1.51. The van der Waals surface area contributed by atoms with Crippen LogP contribution in [-0.4, -0.2) is 28.8 Å². The van der Waals surface area contributed by atoms with Crippen LogP contribution in [0, 0.1) is 5.92 Å². The van der Waals surface area contributed by atoms with Crippen molar-refractivity contribution in [3.05, 3.63) is 18.0 Å². The number of hydrogen-bond acceptors (Lipinski definition) is 3. The zero-order chi connectivity index (χ0) is 12.0. The van der Waals surface area contributed by atoms with Crippen molar-refractivity contribution in [1.82, 2.24) is 15.1 Å². The Balaban J connectivity index is 2.27. The quantitative estimate of drug-likeness (QED) is 0.718. The number of carbonyl (C=O) groups excluding carboxylic acids is 1. The fourth-order valence-electron chi connectivity index (χ4n) is 1.51. The lowest BCUT2D eigenvalue weighted by Gasteiger charge is -2.11. The predicted octanol–water partition coefficient (Wildman–Crippen LogP) is 0.0637. The van der Waals surface area contributed by atoms with Gasteiger partial charge in [0.2, 0.25) is 5.91 Å². The van der Waals surface area contributed by atoms with Crippen LogP contribution in [0.25, 0.3) is 0 Å². The van der Waals surface area contributed by atoms with Gasteiger partial charge in [-0.05, 0) is 12.5 Å². The maximum atomic E-state index is 11.6. The number of nitrogens with zero attached hydrogens (tertiary/aromatic N) is 2. The van der Waals surface area contributed by atoms with Crippen molar-refractivity contribution in [2.75, 3.05) is 13.1 Å². The number of aromatic nitrogens is 2. The van der Waals surface area contributed by atoms with Crippen LogP contribution in [0.1, 0.15) is 19.0 Å². The third kappa shape index (κ3) is 3.66. The second-order valence-electron chi connectivity index (χ2n) is 3.86. The van der Waals surface area contributed by atoms with Crippen LogP contribution in [-0.2, 0) is 18.3 Å². The van der Waals surface area contributed by atoms with Crippen LogP contribution in [0.15, 0.2) is 12.3 Å². The summed E-state index contributed by atoms with van der Waals surface area (Å²) in [6, 6.07) is 1.95. The smallest absolute Gasteiger partial charge is 0.224 e. The lowest BCUT2D eigenvalue weighted by molar-refractivity contribution is -0.124. The highest BCUT2D eigenvalue weighted by Gasteiger charge is 2.13. The van der Waals surface area contributed by atoms with Crippen molar-refractivity contribution in [3.63, 3.8) is 0 Å². The van der Waals surface area contributed by atoms with Gasteiger partial charge in [-0.1, -0.05) is 6.92 Å². The zero-order valence-electron chi connectivity index (χ0n) is 9.94. The number of carbonyl (C=O) groups is 1. The summed E-state index contributed by atoms with van der Waals surface area (Å²) >= 11 is 0. The molecule has 0 fully saturated rings. The highest BCUT2D eigenvalue weighted by atomic mass is 16.1. The van der Waals surface area contributed by atoms with Gasteiger partial charge in [-0.2, -0.15) is 5.10 Å². The zero-order valence-corrected chi connectivity index (χ0v) is 9.94. The standard InChI is InChI=1S/C11H20N4O/c1-3-9(8-12)11(16)13-6-4-10-5-7-15(2)14-10/h5,7,9H,3-4,6,8,12H2,1-2H3,(H,13,16). The molecule has 0 saturated heterocycles. The van der Waals surface area contributed by atoms with Crippen LogP contribution in [0.4, 0.5) is 0 Å². The van der Waals surface area contributed by atoms with E-state index >= 15 is 0 Å². The van der Waals surface area contributed by atoms with E-state index in [1.165, 1.54) is 0 Å². The molecule has 16 heavy (non-hydrogen) atoms. The lowest BCUT2D eigenvalue weighted by Crippen LogP contribution is -2.35. The number of rotatable bonds is 6. The topological polar surface area (TPSA) is 72.9 Å². The van der Waals surface area contributed by atoms with Gasteiger partial charge in [-0.3, -0.25) is 9.48 Å². The van der Waals surface area contributed by atoms with Gasteiger partial charge in [0.1, 0.15) is 0 Å². The minimum atomic E-state index is -0.0660. The molecular weight excluding hydrogens is 204 g/mol. The summed E-state index contributed by atoms with van der Waals surface area (Å²) in [4.78, 5) is 11.6. The average Bonchev–Trinajstić information content (AvgIpc) is 2.66. The van der Waals surface area contributed by atoms with E-state index in [1.807, 2.05) is 26.2 Å². The van der Waals surface area contributed by atoms with Crippen LogP contribution in [0.2, 0.25) is 0 Å². The van der Waals surface area contributed by atoms with E-state index in [9.17, 15) is 4.79 Å². The Labute approximate surface area is 96.0 Å². The van der Waals surface area contributed by atoms with Crippen molar-refractivity contribution >= 4 is 5.91 Å². The number of nitrogens with two attached hydrogens (primary N) is 1. The van der Waals surface area contributed by atoms with E-state index in [-0.39, 0.29) is 11.8 Å². The molecule has 1 unspecified atom stereocenters. The summed E-state index contributed by atoms with van der Waals surface area (Å²) in [6.45, 7) is 2.99. The van der Waals surface area contributed by atoms with Crippen LogP contribution in [0.3, 0.4) is 0 Å². The molecule has 90 valence electrons. The van der Waals surface area contributed by atoms with E-state index in [2.05, 4.69) is 10.4 Å². The van der Waals surface area contributed by atoms with Gasteiger partial charge >= 0.3 is 0 Å². The van der Waals surface area contributed by atoms with Crippen molar-refractivity contribution in [2.45, 2.75) is 19.8 Å². The Morgan fingerprint density at radius 3 is 2.94 bits per heavy atom. The maximum absolute atomic E-state index is 11.6. The van der Waals surface area contributed by atoms with Gasteiger partial charge < -0.3 is 11.1 Å². The summed E-state index contributed by atoms with van der Waals surface area (Å²) in [5.41, 5.74) is 6.48. The van der Waals surface area contributed by atoms with E-state index in [1.54, 1.807) is 4.68 Å². The van der Waals surface area contributed by atoms with Gasteiger partial charge in [0.25, 0.3) is 0 Å². The molecule has 0 aliphatic heterocycles. The van der Waals surface area contributed by atoms with E-state index in [4.69, 9.17) is 5.73 Å². The largest absolute Gasteiger partial charge is 0.355 e. The van der Waals surface area contributed by atoms with E-state index < -0.39 is 0 Å². The van der Waals surface area contributed by atoms with Crippen LogP contribution >= 0.6 is 0 Å². The third-order valence-corrected chi connectivity index (χ3v) is 2.60. The minimum absolute atomic E-state index is 0.0425. The highest BCUT2D eigenvalue weighted by Crippen LogP contribution is 2.00. The number of aryl methyl sites for hydroxylation is 1. The van der Waals surface area contributed by atoms with Crippen molar-refractivity contribution < 1.29 is 4.79 Å². The summed E-state index contributed by atoms with van der Waals surface area (Å²) < 4.78 is 1.76. The Kier molecular flexibility index (Phi) is 4.98. The molecular formula is C11H20N4O. The Bertz CT molecular complexity index is 330. The normalized spacial score (nSPS) is 12.4. The van der Waals surface area contributed by atoms with E-state index in [0.29, 0.717) is 13.1 Å². The summed E-state index contributed by atoms with van der Waals surface area (Å²) in [5.74, 6) is -0.0235. The summed E-state index contributed by atoms with van der Waals surface area (Å²) in [6.07, 6.45) is 3.44. The molecule has 1 aromatic rings. The Morgan fingerprint density at radius 2 is 2.44 bits per heavy atom. The first kappa shape index (κ1) is 12.7. The number of hydrogen-bond donors (Lipinski definition) is 2. The number of amides is 1. The molecule has 5 nitrogen and oxygen atoms in total. The van der Waals surface area contributed by atoms with Crippen LogP contribution in [0.5, 0.6) is 0 Å². The first-order valence-corrected chi connectivity index (χ1v) is 5.63. The van der Waals surface area contributed by atoms with Gasteiger partial charge in [0.15, 0.2) is 0 Å². The molecule has 1 atom stereocenters. The monoisotopic (exact) mass is 224 g/mol. The first-order chi connectivity index (χ1) is 7.67. The molecule has 5 heteroatoms. The van der Waals surface area contributed by atoms with Gasteiger partial charge in [-0.25, -0.2) is 0 Å². The molecule has 1 rings (SSSR count). The SMILES string of the molecule is CCC(CN)C(=O)NCCc1ccn(C)n1. The molecule has 0 aliphatic carbocycles. The van der Waals surface area contributed by atoms with Crippen molar-refractivity contribution in [3.8, 4) is 0 Å². The van der Waals surface area contributed by atoms with Crippen molar-refractivity contribution in [2.24, 2.45) is 18.7 Å². The molecule has 0 saturated carbocycles. The Hall–Kier alpha value is -1.36. The second-order valence-corrected chi connectivity index (χ2v) is 3.86. The number of nitrogens with one attached hydrogen (secondary N) is 1. The second kappa shape index (κ2) is 6.27. The molecule has 3 N–H and O–H groups in total. The highest BCUT2D eigenvalue weighted by molar-refractivity contribution is 5.78. The Morgan fingerprint density at radius 1 is 1.69 bits per heavy atom. The average molecular weight is 224 g/mol. The molecule has 0 spiro atoms. The molecule has 0 aliphatic rings. The van der Waals surface area contributed by atoms with Crippen molar-refractivity contribution in [1.29, 1.82) is 0 Å². The summed E-state index contributed by atoms with van der Waals surface area (Å²) in [7, 11) is 1.88. The van der Waals surface area contributed by atoms with E-state index in [0.717, 1.165) is 18.5 Å². The molecule has 0 aromatic carbocycles. The maximum Gasteiger partial charge on any atom is 0.224 e. The lowest BCUT2D eigenvalue weighted by atomic mass is 10.1. The van der Waals surface area contributed by atoms with Gasteiger partial charge in [0, 0.05) is 38.7 Å². The van der Waals surface area contributed by atoms with Gasteiger partial charge in [0.05, 0.1) is 5.69 Å².